The molecule has 0 spiro atoms. The van der Waals surface area contributed by atoms with Crippen molar-refractivity contribution in [3.8, 4) is 0 Å². The number of amides is 2. The van der Waals surface area contributed by atoms with Crippen molar-refractivity contribution < 1.29 is 4.79 Å². The topological polar surface area (TPSA) is 64.6 Å². The highest BCUT2D eigenvalue weighted by Gasteiger charge is 2.23. The van der Waals surface area contributed by atoms with Crippen LogP contribution in [0.3, 0.4) is 0 Å². The molecule has 33 heavy (non-hydrogen) atoms. The van der Waals surface area contributed by atoms with E-state index in [1.165, 1.54) is 43.5 Å². The molecule has 7 nitrogen and oxygen atoms in total. The second kappa shape index (κ2) is 11.0. The fourth-order valence-corrected chi connectivity index (χ4v) is 4.66. The summed E-state index contributed by atoms with van der Waals surface area (Å²) in [7, 11) is 0. The Morgan fingerprint density at radius 3 is 2.36 bits per heavy atom. The smallest absolute Gasteiger partial charge is 0.317 e. The second-order valence-electron chi connectivity index (χ2n) is 9.62. The molecule has 1 aromatic heterocycles. The molecule has 0 unspecified atom stereocenters. The van der Waals surface area contributed by atoms with Crippen molar-refractivity contribution in [3.63, 3.8) is 0 Å². The summed E-state index contributed by atoms with van der Waals surface area (Å²) in [5.74, 6) is 2.15. The van der Waals surface area contributed by atoms with Crippen molar-refractivity contribution in [3.05, 3.63) is 53.0 Å². The van der Waals surface area contributed by atoms with Gasteiger partial charge in [0.1, 0.15) is 11.6 Å². The lowest BCUT2D eigenvalue weighted by Crippen LogP contribution is -2.52. The van der Waals surface area contributed by atoms with E-state index in [1.807, 2.05) is 17.9 Å². The van der Waals surface area contributed by atoms with E-state index in [9.17, 15) is 4.79 Å². The Labute approximate surface area is 198 Å². The Balaban J connectivity index is 1.30. The number of aryl methyl sites for hydroxylation is 1. The number of hydrogen-bond acceptors (Lipinski definition) is 5. The maximum absolute atomic E-state index is 12.9. The molecule has 0 atom stereocenters. The molecule has 0 radical (unpaired) electrons. The van der Waals surface area contributed by atoms with Gasteiger partial charge in [-0.1, -0.05) is 44.5 Å². The first-order valence-electron chi connectivity index (χ1n) is 12.4. The van der Waals surface area contributed by atoms with E-state index in [0.29, 0.717) is 25.6 Å². The fraction of sp³-hybridized carbons (Fsp3) is 0.577. The zero-order chi connectivity index (χ0) is 23.2. The predicted octanol–water partition coefficient (Wildman–Crippen LogP) is 3.93. The summed E-state index contributed by atoms with van der Waals surface area (Å²) in [5, 5.41) is 3.16. The number of aromatic nitrogens is 2. The van der Waals surface area contributed by atoms with Gasteiger partial charge >= 0.3 is 6.03 Å². The average Bonchev–Trinajstić information content (AvgIpc) is 2.83. The maximum Gasteiger partial charge on any atom is 0.317 e. The molecule has 7 heteroatoms. The molecule has 2 aliphatic heterocycles. The molecule has 4 rings (SSSR count). The zero-order valence-electron chi connectivity index (χ0n) is 20.4. The summed E-state index contributed by atoms with van der Waals surface area (Å²) < 4.78 is 0. The first-order chi connectivity index (χ1) is 16.0. The van der Waals surface area contributed by atoms with E-state index < -0.39 is 0 Å². The lowest BCUT2D eigenvalue weighted by Gasteiger charge is -2.35. The highest BCUT2D eigenvalue weighted by atomic mass is 16.2. The molecular formula is C26H38N6O. The van der Waals surface area contributed by atoms with Crippen LogP contribution in [0.4, 0.5) is 10.6 Å². The number of nitrogens with one attached hydrogen (secondary N) is 1. The number of hydrogen-bond donors (Lipinski definition) is 1. The van der Waals surface area contributed by atoms with Crippen LogP contribution in [0.15, 0.2) is 30.3 Å². The second-order valence-corrected chi connectivity index (χ2v) is 9.62. The van der Waals surface area contributed by atoms with Gasteiger partial charge in [0.15, 0.2) is 0 Å². The molecule has 1 N–H and O–H groups in total. The SMILES string of the molecule is Cc1cc(N2CCN(C(=O)NCc3ccccc3CN3CCCCC3)CC2)nc(C(C)C)n1. The number of benzene rings is 1. The third kappa shape index (κ3) is 6.22. The zero-order valence-corrected chi connectivity index (χ0v) is 20.4. The van der Waals surface area contributed by atoms with Crippen LogP contribution in [-0.4, -0.2) is 65.1 Å². The molecule has 2 aromatic rings. The Hall–Kier alpha value is -2.67. The minimum Gasteiger partial charge on any atom is -0.353 e. The van der Waals surface area contributed by atoms with Gasteiger partial charge in [0.05, 0.1) is 0 Å². The van der Waals surface area contributed by atoms with Gasteiger partial charge in [0.25, 0.3) is 0 Å². The first-order valence-corrected chi connectivity index (χ1v) is 12.4. The normalized spacial score (nSPS) is 17.5. The molecule has 3 heterocycles. The summed E-state index contributed by atoms with van der Waals surface area (Å²) in [6, 6.07) is 10.6. The average molecular weight is 451 g/mol. The van der Waals surface area contributed by atoms with E-state index in [-0.39, 0.29) is 6.03 Å². The van der Waals surface area contributed by atoms with Gasteiger partial charge in [-0.25, -0.2) is 14.8 Å². The number of anilines is 1. The highest BCUT2D eigenvalue weighted by molar-refractivity contribution is 5.74. The van der Waals surface area contributed by atoms with Gasteiger partial charge in [-0.05, 0) is 44.0 Å². The molecule has 178 valence electrons. The van der Waals surface area contributed by atoms with Crippen molar-refractivity contribution in [1.82, 2.24) is 25.1 Å². The number of carbonyl (C=O) groups is 1. The van der Waals surface area contributed by atoms with E-state index in [0.717, 1.165) is 37.0 Å². The Morgan fingerprint density at radius 2 is 1.67 bits per heavy atom. The maximum atomic E-state index is 12.9. The number of piperidine rings is 1. The lowest BCUT2D eigenvalue weighted by atomic mass is 10.0. The van der Waals surface area contributed by atoms with E-state index in [1.54, 1.807) is 0 Å². The van der Waals surface area contributed by atoms with Crippen molar-refractivity contribution in [2.24, 2.45) is 0 Å². The monoisotopic (exact) mass is 450 g/mol. The molecule has 0 aliphatic carbocycles. The van der Waals surface area contributed by atoms with Gasteiger partial charge in [-0.3, -0.25) is 4.90 Å². The largest absolute Gasteiger partial charge is 0.353 e. The molecule has 2 amide bonds. The minimum absolute atomic E-state index is 0.0177. The van der Waals surface area contributed by atoms with Crippen LogP contribution in [0, 0.1) is 6.92 Å². The Bertz CT molecular complexity index is 932. The minimum atomic E-state index is 0.0177. The number of urea groups is 1. The Morgan fingerprint density at radius 1 is 0.970 bits per heavy atom. The molecular weight excluding hydrogens is 412 g/mol. The van der Waals surface area contributed by atoms with Crippen molar-refractivity contribution >= 4 is 11.8 Å². The standard InChI is InChI=1S/C26H38N6O/c1-20(2)25-28-21(3)17-24(29-25)31-13-15-32(16-14-31)26(33)27-18-22-9-5-6-10-23(22)19-30-11-7-4-8-12-30/h5-6,9-10,17,20H,4,7-8,11-16,18-19H2,1-3H3,(H,27,33). The summed E-state index contributed by atoms with van der Waals surface area (Å²) in [5.41, 5.74) is 3.53. The third-order valence-electron chi connectivity index (χ3n) is 6.66. The quantitative estimate of drug-likeness (QED) is 0.723. The summed E-state index contributed by atoms with van der Waals surface area (Å²) >= 11 is 0. The molecule has 2 aliphatic rings. The van der Waals surface area contributed by atoms with E-state index in [2.05, 4.69) is 58.2 Å². The van der Waals surface area contributed by atoms with Gasteiger partial charge < -0.3 is 15.1 Å². The van der Waals surface area contributed by atoms with Gasteiger partial charge in [0.2, 0.25) is 0 Å². The number of likely N-dealkylation sites (tertiary alicyclic amines) is 1. The van der Waals surface area contributed by atoms with E-state index >= 15 is 0 Å². The first kappa shape index (κ1) is 23.5. The number of nitrogens with zero attached hydrogens (tertiary/aromatic N) is 5. The lowest BCUT2D eigenvalue weighted by molar-refractivity contribution is 0.193. The predicted molar refractivity (Wildman–Crippen MR) is 132 cm³/mol. The van der Waals surface area contributed by atoms with Crippen LogP contribution in [0.25, 0.3) is 0 Å². The van der Waals surface area contributed by atoms with Crippen LogP contribution in [0.2, 0.25) is 0 Å². The summed E-state index contributed by atoms with van der Waals surface area (Å²) in [4.78, 5) is 28.9. The molecule has 0 saturated carbocycles. The molecule has 2 fully saturated rings. The Kier molecular flexibility index (Phi) is 7.81. The van der Waals surface area contributed by atoms with Crippen LogP contribution in [0.5, 0.6) is 0 Å². The van der Waals surface area contributed by atoms with Crippen molar-refractivity contribution in [2.75, 3.05) is 44.2 Å². The summed E-state index contributed by atoms with van der Waals surface area (Å²) in [6.45, 7) is 13.1. The number of rotatable bonds is 6. The third-order valence-corrected chi connectivity index (χ3v) is 6.66. The van der Waals surface area contributed by atoms with Crippen LogP contribution in [0.1, 0.15) is 61.7 Å². The van der Waals surface area contributed by atoms with Gasteiger partial charge in [0, 0.05) is 56.9 Å². The fourth-order valence-electron chi connectivity index (χ4n) is 4.66. The molecule has 1 aromatic carbocycles. The number of piperazine rings is 1. The van der Waals surface area contributed by atoms with Gasteiger partial charge in [-0.15, -0.1) is 0 Å². The van der Waals surface area contributed by atoms with Crippen LogP contribution in [-0.2, 0) is 13.1 Å². The number of carbonyl (C=O) groups excluding carboxylic acids is 1. The van der Waals surface area contributed by atoms with Crippen molar-refractivity contribution in [2.45, 2.75) is 59.0 Å². The van der Waals surface area contributed by atoms with Crippen LogP contribution >= 0.6 is 0 Å². The van der Waals surface area contributed by atoms with Crippen molar-refractivity contribution in [1.29, 1.82) is 0 Å². The van der Waals surface area contributed by atoms with E-state index in [4.69, 9.17) is 4.98 Å². The molecule has 2 saturated heterocycles. The van der Waals surface area contributed by atoms with Crippen LogP contribution < -0.4 is 10.2 Å². The highest BCUT2D eigenvalue weighted by Crippen LogP contribution is 2.19. The summed E-state index contributed by atoms with van der Waals surface area (Å²) in [6.07, 6.45) is 3.92. The molecule has 0 bridgehead atoms. The van der Waals surface area contributed by atoms with Gasteiger partial charge in [-0.2, -0.15) is 0 Å².